The third-order valence-corrected chi connectivity index (χ3v) is 2.13. The van der Waals surface area contributed by atoms with E-state index in [1.807, 2.05) is 0 Å². The van der Waals surface area contributed by atoms with E-state index in [0.717, 1.165) is 30.8 Å². The highest BCUT2D eigenvalue weighted by molar-refractivity contribution is 7.80. The Kier molecular flexibility index (Phi) is 8.28. The van der Waals surface area contributed by atoms with Crippen LogP contribution in [0.3, 0.4) is 0 Å². The average molecular weight is 180 g/mol. The zero-order valence-electron chi connectivity index (χ0n) is 6.16. The third kappa shape index (κ3) is 5.45. The molecule has 3 heteroatoms. The molecule has 0 aromatic rings. The molecule has 0 fully saturated rings. The van der Waals surface area contributed by atoms with Gasteiger partial charge in [-0.25, -0.2) is 0 Å². The van der Waals surface area contributed by atoms with Crippen molar-refractivity contribution in [3.05, 3.63) is 0 Å². The zero-order valence-corrected chi connectivity index (χ0v) is 7.95. The highest BCUT2D eigenvalue weighted by atomic mass is 32.1. The number of hydrogen-bond donors (Lipinski definition) is 3. The number of aliphatic hydroxyl groups is 1. The Labute approximate surface area is 74.0 Å². The van der Waals surface area contributed by atoms with Crippen LogP contribution in [0.5, 0.6) is 0 Å². The Morgan fingerprint density at radius 3 is 1.80 bits per heavy atom. The van der Waals surface area contributed by atoms with Crippen LogP contribution in [0.15, 0.2) is 0 Å². The molecule has 62 valence electrons. The van der Waals surface area contributed by atoms with E-state index in [9.17, 15) is 0 Å². The molecule has 0 aliphatic heterocycles. The summed E-state index contributed by atoms with van der Waals surface area (Å²) in [5.41, 5.74) is 0. The summed E-state index contributed by atoms with van der Waals surface area (Å²) >= 11 is 8.28. The van der Waals surface area contributed by atoms with Crippen LogP contribution in [0.2, 0.25) is 0 Å². The van der Waals surface area contributed by atoms with Crippen molar-refractivity contribution >= 4 is 25.3 Å². The molecule has 0 saturated carbocycles. The first-order valence-electron chi connectivity index (χ1n) is 3.67. The summed E-state index contributed by atoms with van der Waals surface area (Å²) in [7, 11) is 0. The van der Waals surface area contributed by atoms with Gasteiger partial charge in [0.25, 0.3) is 0 Å². The Morgan fingerprint density at radius 2 is 1.50 bits per heavy atom. The topological polar surface area (TPSA) is 20.2 Å². The maximum absolute atomic E-state index is 8.64. The predicted octanol–water partition coefficient (Wildman–Crippen LogP) is 1.62. The van der Waals surface area contributed by atoms with Gasteiger partial charge in [-0.2, -0.15) is 25.3 Å². The van der Waals surface area contributed by atoms with Gasteiger partial charge in [-0.1, -0.05) is 0 Å². The molecule has 0 aromatic heterocycles. The third-order valence-electron chi connectivity index (χ3n) is 1.61. The smallest absolute Gasteiger partial charge is 0.0433 e. The van der Waals surface area contributed by atoms with Crippen LogP contribution in [-0.2, 0) is 0 Å². The fourth-order valence-electron chi connectivity index (χ4n) is 0.981. The normalized spacial score (nSPS) is 10.8. The van der Waals surface area contributed by atoms with Gasteiger partial charge < -0.3 is 5.11 Å². The van der Waals surface area contributed by atoms with Crippen LogP contribution >= 0.6 is 25.3 Å². The molecule has 0 bridgehead atoms. The van der Waals surface area contributed by atoms with Crippen LogP contribution < -0.4 is 0 Å². The highest BCUT2D eigenvalue weighted by Crippen LogP contribution is 2.13. The van der Waals surface area contributed by atoms with Crippen molar-refractivity contribution in [1.82, 2.24) is 0 Å². The highest BCUT2D eigenvalue weighted by Gasteiger charge is 2.04. The van der Waals surface area contributed by atoms with E-state index in [-0.39, 0.29) is 0 Å². The van der Waals surface area contributed by atoms with E-state index in [4.69, 9.17) is 5.11 Å². The molecule has 0 rings (SSSR count). The molecule has 1 N–H and O–H groups in total. The van der Waals surface area contributed by atoms with Gasteiger partial charge in [0.05, 0.1) is 0 Å². The van der Waals surface area contributed by atoms with Gasteiger partial charge in [0.2, 0.25) is 0 Å². The molecule has 0 radical (unpaired) electrons. The van der Waals surface area contributed by atoms with Gasteiger partial charge in [0.1, 0.15) is 0 Å². The monoisotopic (exact) mass is 180 g/mol. The SMILES string of the molecule is OCCC(CCS)CCS. The molecule has 0 spiro atoms. The van der Waals surface area contributed by atoms with Crippen LogP contribution in [0.1, 0.15) is 19.3 Å². The van der Waals surface area contributed by atoms with Crippen molar-refractivity contribution in [3.8, 4) is 0 Å². The van der Waals surface area contributed by atoms with Crippen molar-refractivity contribution in [3.63, 3.8) is 0 Å². The van der Waals surface area contributed by atoms with Gasteiger partial charge in [-0.05, 0) is 36.7 Å². The molecule has 0 atom stereocenters. The van der Waals surface area contributed by atoms with Crippen molar-refractivity contribution in [1.29, 1.82) is 0 Å². The fraction of sp³-hybridized carbons (Fsp3) is 1.00. The maximum atomic E-state index is 8.64. The van der Waals surface area contributed by atoms with Gasteiger partial charge >= 0.3 is 0 Å². The first-order valence-corrected chi connectivity index (χ1v) is 4.94. The number of rotatable bonds is 6. The lowest BCUT2D eigenvalue weighted by Gasteiger charge is -2.11. The largest absolute Gasteiger partial charge is 0.396 e. The molecule has 0 heterocycles. The molecular formula is C7H16OS2. The molecule has 0 unspecified atom stereocenters. The van der Waals surface area contributed by atoms with Crippen molar-refractivity contribution in [2.24, 2.45) is 5.92 Å². The minimum absolute atomic E-state index is 0.298. The molecular weight excluding hydrogens is 164 g/mol. The average Bonchev–Trinajstić information content (AvgIpc) is 1.90. The maximum Gasteiger partial charge on any atom is 0.0433 e. The summed E-state index contributed by atoms with van der Waals surface area (Å²) < 4.78 is 0. The predicted molar refractivity (Wildman–Crippen MR) is 52.1 cm³/mol. The molecule has 0 aliphatic carbocycles. The summed E-state index contributed by atoms with van der Waals surface area (Å²) in [6.07, 6.45) is 3.11. The summed E-state index contributed by atoms with van der Waals surface area (Å²) in [6.45, 7) is 0.298. The minimum atomic E-state index is 0.298. The van der Waals surface area contributed by atoms with E-state index < -0.39 is 0 Å². The van der Waals surface area contributed by atoms with Crippen LogP contribution in [0.25, 0.3) is 0 Å². The molecule has 0 aliphatic rings. The minimum Gasteiger partial charge on any atom is -0.396 e. The van der Waals surface area contributed by atoms with Crippen molar-refractivity contribution in [2.45, 2.75) is 19.3 Å². The summed E-state index contributed by atoms with van der Waals surface area (Å²) in [5, 5.41) is 8.64. The lowest BCUT2D eigenvalue weighted by molar-refractivity contribution is 0.253. The molecule has 10 heavy (non-hydrogen) atoms. The lowest BCUT2D eigenvalue weighted by Crippen LogP contribution is -2.04. The first kappa shape index (κ1) is 10.7. The molecule has 0 amide bonds. The Bertz CT molecular complexity index is 54.4. The summed E-state index contributed by atoms with van der Waals surface area (Å²) in [6, 6.07) is 0. The molecule has 0 aromatic carbocycles. The first-order chi connectivity index (χ1) is 4.85. The van der Waals surface area contributed by atoms with Gasteiger partial charge in [-0.15, -0.1) is 0 Å². The summed E-state index contributed by atoms with van der Waals surface area (Å²) in [5.74, 6) is 2.46. The number of thiol groups is 2. The van der Waals surface area contributed by atoms with E-state index in [2.05, 4.69) is 25.3 Å². The van der Waals surface area contributed by atoms with Gasteiger partial charge in [0, 0.05) is 6.61 Å². The number of hydrogen-bond acceptors (Lipinski definition) is 3. The standard InChI is InChI=1S/C7H16OS2/c8-4-1-7(2-5-9)3-6-10/h7-10H,1-6H2. The lowest BCUT2D eigenvalue weighted by atomic mass is 10.0. The van der Waals surface area contributed by atoms with Crippen LogP contribution in [0, 0.1) is 5.92 Å². The van der Waals surface area contributed by atoms with Crippen molar-refractivity contribution < 1.29 is 5.11 Å². The van der Waals surface area contributed by atoms with E-state index >= 15 is 0 Å². The van der Waals surface area contributed by atoms with Crippen molar-refractivity contribution in [2.75, 3.05) is 18.1 Å². The number of aliphatic hydroxyl groups excluding tert-OH is 1. The molecule has 1 nitrogen and oxygen atoms in total. The fourth-order valence-corrected chi connectivity index (χ4v) is 1.71. The second-order valence-corrected chi connectivity index (χ2v) is 3.30. The molecule has 0 saturated heterocycles. The summed E-state index contributed by atoms with van der Waals surface area (Å²) in [4.78, 5) is 0. The zero-order chi connectivity index (χ0) is 7.82. The second-order valence-electron chi connectivity index (χ2n) is 2.40. The van der Waals surface area contributed by atoms with E-state index in [1.165, 1.54) is 0 Å². The Balaban J connectivity index is 3.30. The Hall–Kier alpha value is 0.660. The van der Waals surface area contributed by atoms with E-state index in [0.29, 0.717) is 12.5 Å². The van der Waals surface area contributed by atoms with Crippen LogP contribution in [-0.4, -0.2) is 23.2 Å². The second kappa shape index (κ2) is 7.76. The Morgan fingerprint density at radius 1 is 1.00 bits per heavy atom. The van der Waals surface area contributed by atoms with Gasteiger partial charge in [0.15, 0.2) is 0 Å². The quantitative estimate of drug-likeness (QED) is 0.531. The van der Waals surface area contributed by atoms with E-state index in [1.54, 1.807) is 0 Å². The van der Waals surface area contributed by atoms with Crippen LogP contribution in [0.4, 0.5) is 0 Å². The van der Waals surface area contributed by atoms with Gasteiger partial charge in [-0.3, -0.25) is 0 Å².